The molecule has 0 aromatic carbocycles. The molecule has 1 aliphatic heterocycles. The van der Waals surface area contributed by atoms with Gasteiger partial charge in [-0.3, -0.25) is 4.79 Å². The second kappa shape index (κ2) is 2.25. The number of carbonyl (C=O) groups excluding carboxylic acids is 1. The molecule has 1 unspecified atom stereocenters. The quantitative estimate of drug-likeness (QED) is 0.544. The zero-order valence-electron chi connectivity index (χ0n) is 5.91. The lowest BCUT2D eigenvalue weighted by Crippen LogP contribution is -2.10. The van der Waals surface area contributed by atoms with Gasteiger partial charge < -0.3 is 10.4 Å². The van der Waals surface area contributed by atoms with Crippen molar-refractivity contribution in [3.8, 4) is 0 Å². The van der Waals surface area contributed by atoms with Gasteiger partial charge in [-0.1, -0.05) is 0 Å². The van der Waals surface area contributed by atoms with Crippen LogP contribution in [0, 0.1) is 5.95 Å². The van der Waals surface area contributed by atoms with Crippen LogP contribution in [-0.2, 0) is 4.79 Å². The van der Waals surface area contributed by atoms with Crippen LogP contribution in [0.4, 0.5) is 10.1 Å². The molecule has 0 saturated heterocycles. The summed E-state index contributed by atoms with van der Waals surface area (Å²) in [4.78, 5) is 14.2. The number of hydrogen-bond donors (Lipinski definition) is 2. The van der Waals surface area contributed by atoms with E-state index in [1.54, 1.807) is 0 Å². The molecule has 1 atom stereocenters. The van der Waals surface area contributed by atoms with Gasteiger partial charge in [0.1, 0.15) is 5.69 Å². The third kappa shape index (κ3) is 0.799. The molecule has 2 heterocycles. The van der Waals surface area contributed by atoms with Gasteiger partial charge in [0.15, 0.2) is 6.10 Å². The highest BCUT2D eigenvalue weighted by Gasteiger charge is 2.30. The number of anilines is 1. The van der Waals surface area contributed by atoms with E-state index in [0.29, 0.717) is 0 Å². The van der Waals surface area contributed by atoms with Gasteiger partial charge in [0.25, 0.3) is 5.91 Å². The van der Waals surface area contributed by atoms with Gasteiger partial charge in [0.2, 0.25) is 5.95 Å². The first-order chi connectivity index (χ1) is 5.70. The van der Waals surface area contributed by atoms with E-state index >= 15 is 0 Å². The Balaban J connectivity index is 2.60. The minimum Gasteiger partial charge on any atom is -0.378 e. The molecule has 4 nitrogen and oxygen atoms in total. The van der Waals surface area contributed by atoms with Crippen LogP contribution in [0.1, 0.15) is 11.7 Å². The number of carbonyl (C=O) groups is 1. The fraction of sp³-hybridized carbons (Fsp3) is 0.143. The van der Waals surface area contributed by atoms with Crippen LogP contribution in [0.15, 0.2) is 12.3 Å². The zero-order chi connectivity index (χ0) is 8.72. The van der Waals surface area contributed by atoms with Gasteiger partial charge in [0, 0.05) is 11.8 Å². The Morgan fingerprint density at radius 2 is 2.42 bits per heavy atom. The van der Waals surface area contributed by atoms with E-state index in [4.69, 9.17) is 5.11 Å². The number of hydrogen-bond acceptors (Lipinski definition) is 3. The van der Waals surface area contributed by atoms with E-state index in [-0.39, 0.29) is 11.3 Å². The highest BCUT2D eigenvalue weighted by Crippen LogP contribution is 2.31. The van der Waals surface area contributed by atoms with E-state index in [0.717, 1.165) is 0 Å². The smallest absolute Gasteiger partial charge is 0.258 e. The monoisotopic (exact) mass is 168 g/mol. The lowest BCUT2D eigenvalue weighted by Gasteiger charge is -1.98. The summed E-state index contributed by atoms with van der Waals surface area (Å²) < 4.78 is 12.8. The van der Waals surface area contributed by atoms with Crippen molar-refractivity contribution in [3.63, 3.8) is 0 Å². The highest BCUT2D eigenvalue weighted by molar-refractivity contribution is 6.01. The third-order valence-electron chi connectivity index (χ3n) is 1.73. The second-order valence-corrected chi connectivity index (χ2v) is 2.46. The Labute approximate surface area is 67.0 Å². The minimum atomic E-state index is -1.27. The maximum atomic E-state index is 12.8. The molecule has 1 aliphatic rings. The molecule has 12 heavy (non-hydrogen) atoms. The summed E-state index contributed by atoms with van der Waals surface area (Å²) in [6.45, 7) is 0. The average molecular weight is 168 g/mol. The number of aliphatic hydroxyl groups excluding tert-OH is 1. The topological polar surface area (TPSA) is 62.2 Å². The number of amides is 1. The molecule has 1 aromatic heterocycles. The lowest BCUT2D eigenvalue weighted by atomic mass is 10.2. The fourth-order valence-corrected chi connectivity index (χ4v) is 1.13. The molecule has 1 amide bonds. The van der Waals surface area contributed by atoms with Crippen molar-refractivity contribution >= 4 is 11.6 Å². The molecule has 2 N–H and O–H groups in total. The largest absolute Gasteiger partial charge is 0.378 e. The zero-order valence-corrected chi connectivity index (χ0v) is 5.91. The van der Waals surface area contributed by atoms with Crippen LogP contribution in [0.5, 0.6) is 0 Å². The van der Waals surface area contributed by atoms with Gasteiger partial charge in [-0.2, -0.15) is 4.39 Å². The van der Waals surface area contributed by atoms with Crippen LogP contribution in [0.3, 0.4) is 0 Å². The second-order valence-electron chi connectivity index (χ2n) is 2.46. The maximum absolute atomic E-state index is 12.8. The molecule has 1 aromatic rings. The van der Waals surface area contributed by atoms with Gasteiger partial charge in [0.05, 0.1) is 0 Å². The van der Waals surface area contributed by atoms with Crippen molar-refractivity contribution < 1.29 is 14.3 Å². The van der Waals surface area contributed by atoms with Gasteiger partial charge in [-0.25, -0.2) is 4.98 Å². The summed E-state index contributed by atoms with van der Waals surface area (Å²) in [6.07, 6.45) is -0.0602. The molecule has 5 heteroatoms. The molecule has 0 radical (unpaired) electrons. The molecule has 0 bridgehead atoms. The predicted octanol–water partition coefficient (Wildman–Crippen LogP) is 0.206. The molecule has 0 fully saturated rings. The van der Waals surface area contributed by atoms with E-state index < -0.39 is 18.0 Å². The van der Waals surface area contributed by atoms with Crippen LogP contribution in [0.25, 0.3) is 0 Å². The van der Waals surface area contributed by atoms with Crippen molar-refractivity contribution in [3.05, 3.63) is 23.8 Å². The minimum absolute atomic E-state index is 0.0185. The molecule has 0 saturated carbocycles. The number of aromatic nitrogens is 1. The Bertz CT molecular complexity index is 353. The van der Waals surface area contributed by atoms with Crippen LogP contribution in [-0.4, -0.2) is 16.0 Å². The normalized spacial score (nSPS) is 20.5. The Kier molecular flexibility index (Phi) is 1.34. The predicted molar refractivity (Wildman–Crippen MR) is 37.8 cm³/mol. The third-order valence-corrected chi connectivity index (χ3v) is 1.73. The summed E-state index contributed by atoms with van der Waals surface area (Å²) in [5.41, 5.74) is 0.225. The first-order valence-corrected chi connectivity index (χ1v) is 3.33. The average Bonchev–Trinajstić information content (AvgIpc) is 2.32. The summed E-state index contributed by atoms with van der Waals surface area (Å²) in [6, 6.07) is 1.40. The summed E-state index contributed by atoms with van der Waals surface area (Å²) in [5.74, 6) is -1.38. The van der Waals surface area contributed by atoms with Crippen molar-refractivity contribution in [2.45, 2.75) is 6.10 Å². The van der Waals surface area contributed by atoms with Crippen molar-refractivity contribution in [2.75, 3.05) is 5.32 Å². The molecule has 0 spiro atoms. The summed E-state index contributed by atoms with van der Waals surface area (Å²) >= 11 is 0. The summed E-state index contributed by atoms with van der Waals surface area (Å²) in [7, 11) is 0. The lowest BCUT2D eigenvalue weighted by molar-refractivity contribution is -0.123. The molecule has 0 aliphatic carbocycles. The Morgan fingerprint density at radius 3 is 3.08 bits per heavy atom. The van der Waals surface area contributed by atoms with E-state index in [2.05, 4.69) is 10.3 Å². The van der Waals surface area contributed by atoms with Crippen molar-refractivity contribution in [2.24, 2.45) is 0 Å². The molecule has 2 rings (SSSR count). The number of nitrogens with one attached hydrogen (secondary N) is 1. The van der Waals surface area contributed by atoms with Gasteiger partial charge in [-0.15, -0.1) is 0 Å². The SMILES string of the molecule is O=C1Nc2c(ccnc2F)C1O. The van der Waals surface area contributed by atoms with E-state index in [1.165, 1.54) is 12.3 Å². The molecular formula is C7H5FN2O2. The standard InChI is InChI=1S/C7H5FN2O2/c8-6-4-3(1-2-9-6)5(11)7(12)10-4/h1-2,5,11H,(H,10,12). The number of halogens is 1. The number of aliphatic hydroxyl groups is 1. The van der Waals surface area contributed by atoms with Crippen LogP contribution < -0.4 is 5.32 Å². The first kappa shape index (κ1) is 7.17. The highest BCUT2D eigenvalue weighted by atomic mass is 19.1. The summed E-state index contributed by atoms with van der Waals surface area (Å²) in [5, 5.41) is 11.4. The van der Waals surface area contributed by atoms with Crippen LogP contribution in [0.2, 0.25) is 0 Å². The van der Waals surface area contributed by atoms with Gasteiger partial charge in [-0.05, 0) is 6.07 Å². The number of pyridine rings is 1. The first-order valence-electron chi connectivity index (χ1n) is 3.33. The molecule has 62 valence electrons. The maximum Gasteiger partial charge on any atom is 0.258 e. The van der Waals surface area contributed by atoms with E-state index in [9.17, 15) is 9.18 Å². The number of nitrogens with zero attached hydrogens (tertiary/aromatic N) is 1. The van der Waals surface area contributed by atoms with Gasteiger partial charge >= 0.3 is 0 Å². The van der Waals surface area contributed by atoms with Crippen molar-refractivity contribution in [1.82, 2.24) is 4.98 Å². The number of fused-ring (bicyclic) bond motifs is 1. The number of rotatable bonds is 0. The van der Waals surface area contributed by atoms with E-state index in [1.807, 2.05) is 0 Å². The van der Waals surface area contributed by atoms with Crippen LogP contribution >= 0.6 is 0 Å². The molecular weight excluding hydrogens is 163 g/mol. The Hall–Kier alpha value is -1.49. The fourth-order valence-electron chi connectivity index (χ4n) is 1.13. The van der Waals surface area contributed by atoms with Crippen molar-refractivity contribution in [1.29, 1.82) is 0 Å². The Morgan fingerprint density at radius 1 is 1.67 bits per heavy atom.